The minimum Gasteiger partial charge on any atom is -0.302 e. The molecule has 0 amide bonds. The molecule has 0 aromatic heterocycles. The molecule has 0 heterocycles. The van der Waals surface area contributed by atoms with Crippen molar-refractivity contribution in [1.82, 2.24) is 4.90 Å². The van der Waals surface area contributed by atoms with Crippen molar-refractivity contribution in [3.63, 3.8) is 0 Å². The van der Waals surface area contributed by atoms with Crippen LogP contribution in [0.4, 0.5) is 0 Å². The van der Waals surface area contributed by atoms with Crippen LogP contribution in [-0.4, -0.2) is 23.8 Å². The Morgan fingerprint density at radius 3 is 2.44 bits per heavy atom. The molecule has 0 saturated carbocycles. The topological polar surface area (TPSA) is 3.24 Å². The van der Waals surface area contributed by atoms with Crippen LogP contribution in [0.3, 0.4) is 0 Å². The molecule has 0 aliphatic carbocycles. The van der Waals surface area contributed by atoms with E-state index < -0.39 is 0 Å². The first-order valence-corrected chi connectivity index (χ1v) is 7.34. The van der Waals surface area contributed by atoms with Gasteiger partial charge < -0.3 is 4.90 Å². The van der Waals surface area contributed by atoms with Crippen molar-refractivity contribution in [2.45, 2.75) is 20.4 Å². The van der Waals surface area contributed by atoms with Crippen LogP contribution < -0.4 is 0 Å². The van der Waals surface area contributed by atoms with Gasteiger partial charge in [0.25, 0.3) is 0 Å². The molecule has 1 aromatic rings. The number of alkyl halides is 1. The zero-order valence-electron chi connectivity index (χ0n) is 10.1. The van der Waals surface area contributed by atoms with Crippen LogP contribution >= 0.6 is 31.9 Å². The number of rotatable bonds is 5. The van der Waals surface area contributed by atoms with Crippen molar-refractivity contribution < 1.29 is 0 Å². The van der Waals surface area contributed by atoms with Crippen LogP contribution in [0.5, 0.6) is 0 Å². The van der Waals surface area contributed by atoms with E-state index in [4.69, 9.17) is 0 Å². The molecule has 0 unspecified atom stereocenters. The number of hydrogen-bond acceptors (Lipinski definition) is 1. The summed E-state index contributed by atoms with van der Waals surface area (Å²) in [7, 11) is 2.17. The average molecular weight is 349 g/mol. The molecule has 0 fully saturated rings. The lowest BCUT2D eigenvalue weighted by molar-refractivity contribution is 0.225. The van der Waals surface area contributed by atoms with Gasteiger partial charge in [-0.2, -0.15) is 0 Å². The second kappa shape index (κ2) is 6.18. The predicted octanol–water partition coefficient (Wildman–Crippen LogP) is 4.30. The zero-order chi connectivity index (χ0) is 12.2. The zero-order valence-corrected chi connectivity index (χ0v) is 13.3. The monoisotopic (exact) mass is 347 g/mol. The normalized spacial score (nSPS) is 12.1. The quantitative estimate of drug-likeness (QED) is 0.717. The Morgan fingerprint density at radius 2 is 1.88 bits per heavy atom. The molecular formula is C13H19Br2N. The van der Waals surface area contributed by atoms with Gasteiger partial charge in [-0.05, 0) is 24.1 Å². The van der Waals surface area contributed by atoms with E-state index in [1.165, 1.54) is 10.0 Å². The van der Waals surface area contributed by atoms with Crippen LogP contribution in [0.15, 0.2) is 28.7 Å². The fourth-order valence-electron chi connectivity index (χ4n) is 1.75. The van der Waals surface area contributed by atoms with Gasteiger partial charge in [0, 0.05) is 22.9 Å². The smallest absolute Gasteiger partial charge is 0.0242 e. The van der Waals surface area contributed by atoms with Gasteiger partial charge >= 0.3 is 0 Å². The summed E-state index contributed by atoms with van der Waals surface area (Å²) in [6, 6.07) is 8.40. The molecule has 16 heavy (non-hydrogen) atoms. The first kappa shape index (κ1) is 14.2. The van der Waals surface area contributed by atoms with E-state index in [1.807, 2.05) is 0 Å². The molecular weight excluding hydrogens is 330 g/mol. The highest BCUT2D eigenvalue weighted by molar-refractivity contribution is 9.10. The van der Waals surface area contributed by atoms with E-state index in [-0.39, 0.29) is 0 Å². The SMILES string of the molecule is CN(Cc1ccccc1Br)CC(C)(C)CBr. The molecule has 0 atom stereocenters. The summed E-state index contributed by atoms with van der Waals surface area (Å²) in [6.07, 6.45) is 0. The van der Waals surface area contributed by atoms with Crippen LogP contribution in [0.2, 0.25) is 0 Å². The van der Waals surface area contributed by atoms with Gasteiger partial charge in [-0.3, -0.25) is 0 Å². The fourth-order valence-corrected chi connectivity index (χ4v) is 2.33. The molecule has 1 nitrogen and oxygen atoms in total. The number of halogens is 2. The fraction of sp³-hybridized carbons (Fsp3) is 0.538. The van der Waals surface area contributed by atoms with E-state index >= 15 is 0 Å². The standard InChI is InChI=1S/C13H19Br2N/c1-13(2,9-14)10-16(3)8-11-6-4-5-7-12(11)15/h4-7H,8-10H2,1-3H3. The van der Waals surface area contributed by atoms with Crippen molar-refractivity contribution in [2.75, 3.05) is 18.9 Å². The summed E-state index contributed by atoms with van der Waals surface area (Å²) < 4.78 is 1.19. The Kier molecular flexibility index (Phi) is 5.48. The van der Waals surface area contributed by atoms with E-state index in [1.54, 1.807) is 0 Å². The highest BCUT2D eigenvalue weighted by Crippen LogP contribution is 2.22. The third-order valence-electron chi connectivity index (χ3n) is 2.46. The Morgan fingerprint density at radius 1 is 1.25 bits per heavy atom. The lowest BCUT2D eigenvalue weighted by Gasteiger charge is -2.28. The van der Waals surface area contributed by atoms with Gasteiger partial charge in [0.15, 0.2) is 0 Å². The molecule has 0 aliphatic heterocycles. The third-order valence-corrected chi connectivity index (χ3v) is 4.75. The molecule has 0 saturated heterocycles. The van der Waals surface area contributed by atoms with Gasteiger partial charge in [-0.25, -0.2) is 0 Å². The summed E-state index contributed by atoms with van der Waals surface area (Å²) in [4.78, 5) is 2.36. The molecule has 1 rings (SSSR count). The molecule has 0 N–H and O–H groups in total. The van der Waals surface area contributed by atoms with Gasteiger partial charge in [-0.1, -0.05) is 63.9 Å². The Balaban J connectivity index is 2.58. The van der Waals surface area contributed by atoms with Crippen molar-refractivity contribution in [2.24, 2.45) is 5.41 Å². The maximum Gasteiger partial charge on any atom is 0.0242 e. The van der Waals surface area contributed by atoms with E-state index in [0.29, 0.717) is 5.41 Å². The van der Waals surface area contributed by atoms with E-state index in [0.717, 1.165) is 18.4 Å². The number of nitrogens with zero attached hydrogens (tertiary/aromatic N) is 1. The summed E-state index contributed by atoms with van der Waals surface area (Å²) in [5.41, 5.74) is 1.66. The lowest BCUT2D eigenvalue weighted by atomic mass is 9.96. The van der Waals surface area contributed by atoms with Crippen LogP contribution in [0.1, 0.15) is 19.4 Å². The largest absolute Gasteiger partial charge is 0.302 e. The molecule has 3 heteroatoms. The first-order valence-electron chi connectivity index (χ1n) is 5.42. The predicted molar refractivity (Wildman–Crippen MR) is 78.1 cm³/mol. The second-order valence-corrected chi connectivity index (χ2v) is 6.48. The number of hydrogen-bond donors (Lipinski definition) is 0. The maximum atomic E-state index is 3.59. The van der Waals surface area contributed by atoms with Crippen molar-refractivity contribution in [3.8, 4) is 0 Å². The Bertz CT molecular complexity index is 336. The Labute approximate surface area is 115 Å². The highest BCUT2D eigenvalue weighted by Gasteiger charge is 2.18. The van der Waals surface area contributed by atoms with Crippen molar-refractivity contribution in [3.05, 3.63) is 34.3 Å². The number of benzene rings is 1. The van der Waals surface area contributed by atoms with Crippen LogP contribution in [0.25, 0.3) is 0 Å². The Hall–Kier alpha value is 0.140. The van der Waals surface area contributed by atoms with Gasteiger partial charge in [-0.15, -0.1) is 0 Å². The van der Waals surface area contributed by atoms with Gasteiger partial charge in [0.1, 0.15) is 0 Å². The van der Waals surface area contributed by atoms with E-state index in [2.05, 4.69) is 81.9 Å². The molecule has 0 radical (unpaired) electrons. The molecule has 0 bridgehead atoms. The second-order valence-electron chi connectivity index (χ2n) is 5.06. The molecule has 90 valence electrons. The van der Waals surface area contributed by atoms with Crippen LogP contribution in [0, 0.1) is 5.41 Å². The highest BCUT2D eigenvalue weighted by atomic mass is 79.9. The third kappa shape index (κ3) is 4.56. The molecule has 0 aliphatic rings. The maximum absolute atomic E-state index is 3.59. The minimum absolute atomic E-state index is 0.315. The minimum atomic E-state index is 0.315. The van der Waals surface area contributed by atoms with E-state index in [9.17, 15) is 0 Å². The summed E-state index contributed by atoms with van der Waals surface area (Å²) in [6.45, 7) is 6.62. The summed E-state index contributed by atoms with van der Waals surface area (Å²) in [5, 5.41) is 1.03. The van der Waals surface area contributed by atoms with Crippen molar-refractivity contribution >= 4 is 31.9 Å². The van der Waals surface area contributed by atoms with Crippen LogP contribution in [-0.2, 0) is 6.54 Å². The first-order chi connectivity index (χ1) is 7.44. The van der Waals surface area contributed by atoms with Gasteiger partial charge in [0.2, 0.25) is 0 Å². The van der Waals surface area contributed by atoms with Crippen molar-refractivity contribution in [1.29, 1.82) is 0 Å². The molecule has 1 aromatic carbocycles. The average Bonchev–Trinajstić information content (AvgIpc) is 2.21. The lowest BCUT2D eigenvalue weighted by Crippen LogP contribution is -2.32. The summed E-state index contributed by atoms with van der Waals surface area (Å²) >= 11 is 7.15. The molecule has 0 spiro atoms. The van der Waals surface area contributed by atoms with Gasteiger partial charge in [0.05, 0.1) is 0 Å². The summed E-state index contributed by atoms with van der Waals surface area (Å²) in [5.74, 6) is 0.